The van der Waals surface area contributed by atoms with Gasteiger partial charge in [-0.1, -0.05) is 224 Å². The van der Waals surface area contributed by atoms with E-state index in [-0.39, 0.29) is 31.1 Å². The first kappa shape index (κ1) is 59.6. The third kappa shape index (κ3) is 48.7. The topological polar surface area (TPSA) is 78.9 Å². The first-order valence-electron chi connectivity index (χ1n) is 27.0. The molecular formula is C56H102O6. The molecule has 0 aromatic rings. The van der Waals surface area contributed by atoms with Crippen molar-refractivity contribution in [3.05, 3.63) is 36.5 Å². The van der Waals surface area contributed by atoms with Gasteiger partial charge in [-0.25, -0.2) is 0 Å². The fourth-order valence-corrected chi connectivity index (χ4v) is 7.76. The molecule has 0 spiro atoms. The lowest BCUT2D eigenvalue weighted by Gasteiger charge is -2.18. The van der Waals surface area contributed by atoms with Crippen LogP contribution in [0.2, 0.25) is 0 Å². The monoisotopic (exact) mass is 871 g/mol. The zero-order chi connectivity index (χ0) is 45.1. The quantitative estimate of drug-likeness (QED) is 0.0262. The standard InChI is InChI=1S/C56H102O6/c1-4-7-10-13-16-19-22-25-27-28-30-31-34-37-40-43-46-49-55(58)61-52-53(51-60-54(57)48-45-42-39-36-33-24-21-18-15-12-9-6-3)62-56(59)50-47-44-41-38-35-32-29-26-23-20-17-14-11-8-5-2/h16,19,25-27,29,53H,4-15,17-18,20-24,28,30-52H2,1-3H3/b19-16-,27-25-,29-26-/t53-/m0/s1. The minimum Gasteiger partial charge on any atom is -0.462 e. The number of unbranched alkanes of at least 4 members (excludes halogenated alkanes) is 32. The van der Waals surface area contributed by atoms with Gasteiger partial charge >= 0.3 is 17.9 Å². The lowest BCUT2D eigenvalue weighted by Crippen LogP contribution is -2.30. The maximum Gasteiger partial charge on any atom is 0.306 e. The van der Waals surface area contributed by atoms with Crippen LogP contribution in [0, 0.1) is 0 Å². The number of allylic oxidation sites excluding steroid dienone is 6. The number of esters is 3. The van der Waals surface area contributed by atoms with Gasteiger partial charge in [0, 0.05) is 19.3 Å². The van der Waals surface area contributed by atoms with E-state index in [0.717, 1.165) is 77.0 Å². The highest BCUT2D eigenvalue weighted by molar-refractivity contribution is 5.71. The summed E-state index contributed by atoms with van der Waals surface area (Å²) in [5.41, 5.74) is 0. The average Bonchev–Trinajstić information content (AvgIpc) is 3.27. The van der Waals surface area contributed by atoms with E-state index in [1.807, 2.05) is 0 Å². The molecule has 6 nitrogen and oxygen atoms in total. The molecule has 362 valence electrons. The van der Waals surface area contributed by atoms with E-state index < -0.39 is 6.10 Å². The normalized spacial score (nSPS) is 12.2. The van der Waals surface area contributed by atoms with Crippen LogP contribution >= 0.6 is 0 Å². The largest absolute Gasteiger partial charge is 0.462 e. The lowest BCUT2D eigenvalue weighted by atomic mass is 10.0. The molecule has 0 aliphatic carbocycles. The van der Waals surface area contributed by atoms with Gasteiger partial charge < -0.3 is 14.2 Å². The highest BCUT2D eigenvalue weighted by Gasteiger charge is 2.19. The third-order valence-electron chi connectivity index (χ3n) is 11.9. The van der Waals surface area contributed by atoms with Crippen LogP contribution in [-0.4, -0.2) is 37.2 Å². The van der Waals surface area contributed by atoms with Gasteiger partial charge in [0.2, 0.25) is 0 Å². The molecule has 0 unspecified atom stereocenters. The maximum absolute atomic E-state index is 12.8. The highest BCUT2D eigenvalue weighted by Crippen LogP contribution is 2.15. The second-order valence-electron chi connectivity index (χ2n) is 18.1. The van der Waals surface area contributed by atoms with Crippen molar-refractivity contribution in [1.29, 1.82) is 0 Å². The lowest BCUT2D eigenvalue weighted by molar-refractivity contribution is -0.167. The van der Waals surface area contributed by atoms with Crippen LogP contribution in [0.25, 0.3) is 0 Å². The fraction of sp³-hybridized carbons (Fsp3) is 0.839. The summed E-state index contributed by atoms with van der Waals surface area (Å²) in [6.07, 6.45) is 59.8. The van der Waals surface area contributed by atoms with E-state index in [4.69, 9.17) is 14.2 Å². The first-order chi connectivity index (χ1) is 30.5. The minimum atomic E-state index is -0.776. The average molecular weight is 871 g/mol. The molecule has 0 aliphatic rings. The molecule has 1 atom stereocenters. The van der Waals surface area contributed by atoms with Crippen molar-refractivity contribution in [3.8, 4) is 0 Å². The van der Waals surface area contributed by atoms with Crippen molar-refractivity contribution < 1.29 is 28.6 Å². The Morgan fingerprint density at radius 1 is 0.323 bits per heavy atom. The van der Waals surface area contributed by atoms with Gasteiger partial charge in [0.15, 0.2) is 6.10 Å². The Kier molecular flexibility index (Phi) is 49.3. The molecule has 0 fully saturated rings. The molecule has 0 radical (unpaired) electrons. The van der Waals surface area contributed by atoms with Gasteiger partial charge in [-0.2, -0.15) is 0 Å². The van der Waals surface area contributed by atoms with E-state index >= 15 is 0 Å². The molecule has 0 aromatic carbocycles. The van der Waals surface area contributed by atoms with Crippen molar-refractivity contribution in [2.24, 2.45) is 0 Å². The number of rotatable bonds is 49. The van der Waals surface area contributed by atoms with Gasteiger partial charge in [0.25, 0.3) is 0 Å². The van der Waals surface area contributed by atoms with E-state index in [1.165, 1.54) is 167 Å². The first-order valence-corrected chi connectivity index (χ1v) is 27.0. The van der Waals surface area contributed by atoms with Gasteiger partial charge in [-0.05, 0) is 77.0 Å². The second-order valence-corrected chi connectivity index (χ2v) is 18.1. The predicted octanol–water partition coefficient (Wildman–Crippen LogP) is 17.7. The smallest absolute Gasteiger partial charge is 0.306 e. The third-order valence-corrected chi connectivity index (χ3v) is 11.9. The minimum absolute atomic E-state index is 0.0750. The molecule has 0 aliphatic heterocycles. The zero-order valence-corrected chi connectivity index (χ0v) is 41.4. The summed E-state index contributed by atoms with van der Waals surface area (Å²) in [5.74, 6) is -0.880. The summed E-state index contributed by atoms with van der Waals surface area (Å²) in [6.45, 7) is 6.62. The molecule has 0 bridgehead atoms. The summed E-state index contributed by atoms with van der Waals surface area (Å²) in [6, 6.07) is 0. The van der Waals surface area contributed by atoms with Gasteiger partial charge in [0.05, 0.1) is 0 Å². The summed E-state index contributed by atoms with van der Waals surface area (Å²) in [4.78, 5) is 38.0. The van der Waals surface area contributed by atoms with Crippen LogP contribution < -0.4 is 0 Å². The Labute approximate surface area is 385 Å². The van der Waals surface area contributed by atoms with E-state index in [0.29, 0.717) is 19.3 Å². The molecule has 0 saturated carbocycles. The van der Waals surface area contributed by atoms with Crippen LogP contribution in [0.15, 0.2) is 36.5 Å². The van der Waals surface area contributed by atoms with Crippen LogP contribution in [0.5, 0.6) is 0 Å². The van der Waals surface area contributed by atoms with Gasteiger partial charge in [-0.3, -0.25) is 14.4 Å². The summed E-state index contributed by atoms with van der Waals surface area (Å²) in [7, 11) is 0. The number of carbonyl (C=O) groups is 3. The Hall–Kier alpha value is -2.37. The molecule has 0 saturated heterocycles. The predicted molar refractivity (Wildman–Crippen MR) is 266 cm³/mol. The van der Waals surface area contributed by atoms with Crippen molar-refractivity contribution in [1.82, 2.24) is 0 Å². The molecule has 0 heterocycles. The van der Waals surface area contributed by atoms with Gasteiger partial charge in [0.1, 0.15) is 13.2 Å². The number of hydrogen-bond acceptors (Lipinski definition) is 6. The highest BCUT2D eigenvalue weighted by atomic mass is 16.6. The van der Waals surface area contributed by atoms with E-state index in [1.54, 1.807) is 0 Å². The van der Waals surface area contributed by atoms with Crippen LogP contribution in [0.3, 0.4) is 0 Å². The Morgan fingerprint density at radius 2 is 0.581 bits per heavy atom. The molecule has 62 heavy (non-hydrogen) atoms. The summed E-state index contributed by atoms with van der Waals surface area (Å²) < 4.78 is 16.8. The molecule has 0 amide bonds. The SMILES string of the molecule is CCCCC/C=C\C/C=C\CCCCCCCCCC(=O)OC[C@H](COC(=O)CCCCCCCCCCCCCC)OC(=O)CCCCCCC/C=C\CCCCCCCC. The van der Waals surface area contributed by atoms with Gasteiger partial charge in [-0.15, -0.1) is 0 Å². The van der Waals surface area contributed by atoms with E-state index in [2.05, 4.69) is 57.2 Å². The molecular weight excluding hydrogens is 769 g/mol. The zero-order valence-electron chi connectivity index (χ0n) is 41.4. The number of ether oxygens (including phenoxy) is 3. The van der Waals surface area contributed by atoms with Crippen molar-refractivity contribution >= 4 is 17.9 Å². The fourth-order valence-electron chi connectivity index (χ4n) is 7.76. The Bertz CT molecular complexity index is 1050. The summed E-state index contributed by atoms with van der Waals surface area (Å²) in [5, 5.41) is 0. The van der Waals surface area contributed by atoms with E-state index in [9.17, 15) is 14.4 Å². The van der Waals surface area contributed by atoms with Crippen LogP contribution in [-0.2, 0) is 28.6 Å². The van der Waals surface area contributed by atoms with Crippen molar-refractivity contribution in [2.45, 2.75) is 290 Å². The van der Waals surface area contributed by atoms with Crippen LogP contribution in [0.1, 0.15) is 284 Å². The Morgan fingerprint density at radius 3 is 0.935 bits per heavy atom. The number of carbonyl (C=O) groups excluding carboxylic acids is 3. The maximum atomic E-state index is 12.8. The van der Waals surface area contributed by atoms with Crippen molar-refractivity contribution in [2.75, 3.05) is 13.2 Å². The molecule has 0 N–H and O–H groups in total. The van der Waals surface area contributed by atoms with Crippen molar-refractivity contribution in [3.63, 3.8) is 0 Å². The molecule has 0 aromatic heterocycles. The molecule has 0 rings (SSSR count). The van der Waals surface area contributed by atoms with Crippen LogP contribution in [0.4, 0.5) is 0 Å². The Balaban J connectivity index is 4.36. The summed E-state index contributed by atoms with van der Waals surface area (Å²) >= 11 is 0. The second kappa shape index (κ2) is 51.3. The number of hydrogen-bond donors (Lipinski definition) is 0. The molecule has 6 heteroatoms.